The van der Waals surface area contributed by atoms with E-state index in [4.69, 9.17) is 10.5 Å². The second-order valence-corrected chi connectivity index (χ2v) is 2.84. The number of hydrogen-bond acceptors (Lipinski definition) is 2. The Morgan fingerprint density at radius 2 is 1.80 bits per heavy atom. The number of hydrogen-bond donors (Lipinski definition) is 1. The highest BCUT2D eigenvalue weighted by Gasteiger charge is 2.23. The van der Waals surface area contributed by atoms with E-state index in [9.17, 15) is 0 Å². The Balaban J connectivity index is 3.87. The average Bonchev–Trinajstić information content (AvgIpc) is 2.01. The van der Waals surface area contributed by atoms with Crippen molar-refractivity contribution in [2.24, 2.45) is 11.1 Å². The summed E-state index contributed by atoms with van der Waals surface area (Å²) >= 11 is 0. The molecule has 0 amide bonds. The summed E-state index contributed by atoms with van der Waals surface area (Å²) in [5.41, 5.74) is 5.87. The third kappa shape index (κ3) is 2.27. The van der Waals surface area contributed by atoms with Crippen molar-refractivity contribution in [2.75, 3.05) is 20.3 Å². The van der Waals surface area contributed by atoms with E-state index in [1.54, 1.807) is 7.11 Å². The molecule has 0 unspecified atom stereocenters. The molecule has 0 saturated heterocycles. The molecule has 0 aliphatic carbocycles. The molecule has 0 aliphatic heterocycles. The Hall–Kier alpha value is -0.0800. The van der Waals surface area contributed by atoms with E-state index in [0.717, 1.165) is 26.0 Å². The van der Waals surface area contributed by atoms with E-state index in [1.165, 1.54) is 0 Å². The van der Waals surface area contributed by atoms with Crippen molar-refractivity contribution in [3.63, 3.8) is 0 Å². The SMILES string of the molecule is CCC(CC)(CN)COC. The highest BCUT2D eigenvalue weighted by molar-refractivity contribution is 4.76. The van der Waals surface area contributed by atoms with Crippen molar-refractivity contribution in [1.82, 2.24) is 0 Å². The molecule has 10 heavy (non-hydrogen) atoms. The van der Waals surface area contributed by atoms with Crippen molar-refractivity contribution in [3.8, 4) is 0 Å². The fraction of sp³-hybridized carbons (Fsp3) is 1.00. The molecule has 2 heteroatoms. The Kier molecular flexibility index (Phi) is 4.65. The van der Waals surface area contributed by atoms with Gasteiger partial charge in [0.25, 0.3) is 0 Å². The second kappa shape index (κ2) is 4.69. The molecule has 2 N–H and O–H groups in total. The van der Waals surface area contributed by atoms with E-state index < -0.39 is 0 Å². The molecule has 0 aromatic heterocycles. The molecular weight excluding hydrogens is 126 g/mol. The lowest BCUT2D eigenvalue weighted by molar-refractivity contribution is 0.0784. The molecule has 0 aromatic carbocycles. The van der Waals surface area contributed by atoms with Gasteiger partial charge in [-0.3, -0.25) is 0 Å². The Bertz CT molecular complexity index is 71.1. The van der Waals surface area contributed by atoms with Gasteiger partial charge in [-0.05, 0) is 12.8 Å². The summed E-state index contributed by atoms with van der Waals surface area (Å²) in [5, 5.41) is 0. The van der Waals surface area contributed by atoms with Crippen LogP contribution in [0.2, 0.25) is 0 Å². The highest BCUT2D eigenvalue weighted by atomic mass is 16.5. The molecule has 0 radical (unpaired) electrons. The van der Waals surface area contributed by atoms with Crippen LogP contribution in [-0.2, 0) is 4.74 Å². The molecular formula is C8H19NO. The first-order chi connectivity index (χ1) is 4.74. The molecule has 0 atom stereocenters. The number of nitrogens with two attached hydrogens (primary N) is 1. The van der Waals surface area contributed by atoms with Crippen LogP contribution in [0.1, 0.15) is 26.7 Å². The van der Waals surface area contributed by atoms with Crippen LogP contribution >= 0.6 is 0 Å². The standard InChI is InChI=1S/C8H19NO/c1-4-8(5-2,6-9)7-10-3/h4-7,9H2,1-3H3. The van der Waals surface area contributed by atoms with Gasteiger partial charge in [0.1, 0.15) is 0 Å². The molecule has 0 saturated carbocycles. The van der Waals surface area contributed by atoms with Crippen LogP contribution in [0.4, 0.5) is 0 Å². The van der Waals surface area contributed by atoms with Crippen LogP contribution in [0.15, 0.2) is 0 Å². The minimum atomic E-state index is 0.231. The predicted molar refractivity (Wildman–Crippen MR) is 43.9 cm³/mol. The minimum Gasteiger partial charge on any atom is -0.384 e. The summed E-state index contributed by atoms with van der Waals surface area (Å²) in [6.07, 6.45) is 2.21. The van der Waals surface area contributed by atoms with Gasteiger partial charge in [0.15, 0.2) is 0 Å². The molecule has 0 aromatic rings. The van der Waals surface area contributed by atoms with E-state index in [-0.39, 0.29) is 5.41 Å². The molecule has 62 valence electrons. The molecule has 0 fully saturated rings. The van der Waals surface area contributed by atoms with Crippen molar-refractivity contribution in [3.05, 3.63) is 0 Å². The molecule has 0 bridgehead atoms. The van der Waals surface area contributed by atoms with Gasteiger partial charge in [-0.15, -0.1) is 0 Å². The zero-order chi connectivity index (χ0) is 8.04. The van der Waals surface area contributed by atoms with Crippen LogP contribution < -0.4 is 5.73 Å². The maximum Gasteiger partial charge on any atom is 0.0530 e. The first-order valence-corrected chi connectivity index (χ1v) is 3.93. The minimum absolute atomic E-state index is 0.231. The number of rotatable bonds is 5. The summed E-state index contributed by atoms with van der Waals surface area (Å²) in [6.45, 7) is 5.84. The lowest BCUT2D eigenvalue weighted by atomic mass is 9.83. The van der Waals surface area contributed by atoms with E-state index in [0.29, 0.717) is 0 Å². The summed E-state index contributed by atoms with van der Waals surface area (Å²) in [5.74, 6) is 0. The van der Waals surface area contributed by atoms with Crippen LogP contribution in [0.3, 0.4) is 0 Å². The third-order valence-electron chi connectivity index (χ3n) is 2.38. The topological polar surface area (TPSA) is 35.2 Å². The molecule has 0 rings (SSSR count). The molecule has 2 nitrogen and oxygen atoms in total. The summed E-state index contributed by atoms with van der Waals surface area (Å²) in [6, 6.07) is 0. The van der Waals surface area contributed by atoms with Gasteiger partial charge in [-0.1, -0.05) is 13.8 Å². The van der Waals surface area contributed by atoms with Crippen molar-refractivity contribution in [2.45, 2.75) is 26.7 Å². The van der Waals surface area contributed by atoms with E-state index in [1.807, 2.05) is 0 Å². The average molecular weight is 145 g/mol. The first-order valence-electron chi connectivity index (χ1n) is 3.93. The second-order valence-electron chi connectivity index (χ2n) is 2.84. The lowest BCUT2D eigenvalue weighted by Crippen LogP contribution is -2.33. The van der Waals surface area contributed by atoms with Crippen LogP contribution in [0.25, 0.3) is 0 Å². The molecule has 0 aliphatic rings. The van der Waals surface area contributed by atoms with E-state index >= 15 is 0 Å². The summed E-state index contributed by atoms with van der Waals surface area (Å²) < 4.78 is 5.10. The highest BCUT2D eigenvalue weighted by Crippen LogP contribution is 2.24. The number of methoxy groups -OCH3 is 1. The fourth-order valence-electron chi connectivity index (χ4n) is 1.11. The first kappa shape index (κ1) is 9.92. The zero-order valence-corrected chi connectivity index (χ0v) is 7.31. The molecule has 0 heterocycles. The van der Waals surface area contributed by atoms with Gasteiger partial charge in [0.2, 0.25) is 0 Å². The van der Waals surface area contributed by atoms with Gasteiger partial charge >= 0.3 is 0 Å². The van der Waals surface area contributed by atoms with Crippen LogP contribution in [0, 0.1) is 5.41 Å². The Morgan fingerprint density at radius 3 is 1.90 bits per heavy atom. The number of ether oxygens (including phenoxy) is 1. The van der Waals surface area contributed by atoms with Gasteiger partial charge in [0.05, 0.1) is 6.61 Å². The van der Waals surface area contributed by atoms with Crippen molar-refractivity contribution < 1.29 is 4.74 Å². The van der Waals surface area contributed by atoms with Gasteiger partial charge in [0, 0.05) is 19.1 Å². The maximum atomic E-state index is 5.63. The largest absolute Gasteiger partial charge is 0.384 e. The zero-order valence-electron chi connectivity index (χ0n) is 7.31. The van der Waals surface area contributed by atoms with Gasteiger partial charge in [-0.25, -0.2) is 0 Å². The van der Waals surface area contributed by atoms with Crippen molar-refractivity contribution >= 4 is 0 Å². The quantitative estimate of drug-likeness (QED) is 0.634. The Morgan fingerprint density at radius 1 is 1.30 bits per heavy atom. The van der Waals surface area contributed by atoms with Crippen LogP contribution in [0.5, 0.6) is 0 Å². The fourth-order valence-corrected chi connectivity index (χ4v) is 1.11. The maximum absolute atomic E-state index is 5.63. The van der Waals surface area contributed by atoms with Gasteiger partial charge in [-0.2, -0.15) is 0 Å². The predicted octanol–water partition coefficient (Wildman–Crippen LogP) is 1.40. The normalized spacial score (nSPS) is 12.0. The Labute approximate surface area is 63.7 Å². The monoisotopic (exact) mass is 145 g/mol. The van der Waals surface area contributed by atoms with Crippen LogP contribution in [-0.4, -0.2) is 20.3 Å². The van der Waals surface area contributed by atoms with Gasteiger partial charge < -0.3 is 10.5 Å². The lowest BCUT2D eigenvalue weighted by Gasteiger charge is -2.28. The van der Waals surface area contributed by atoms with Crippen molar-refractivity contribution in [1.29, 1.82) is 0 Å². The molecule has 0 spiro atoms. The third-order valence-corrected chi connectivity index (χ3v) is 2.38. The summed E-state index contributed by atoms with van der Waals surface area (Å²) in [4.78, 5) is 0. The summed E-state index contributed by atoms with van der Waals surface area (Å²) in [7, 11) is 1.73. The van der Waals surface area contributed by atoms with E-state index in [2.05, 4.69) is 13.8 Å². The smallest absolute Gasteiger partial charge is 0.0530 e.